The number of aromatic nitrogens is 4. The quantitative estimate of drug-likeness (QED) is 0.766. The van der Waals surface area contributed by atoms with E-state index in [0.29, 0.717) is 28.6 Å². The Hall–Kier alpha value is -2.97. The van der Waals surface area contributed by atoms with Gasteiger partial charge in [-0.1, -0.05) is 0 Å². The third kappa shape index (κ3) is 2.07. The molecule has 22 heavy (non-hydrogen) atoms. The molecule has 0 fully saturated rings. The smallest absolute Gasteiger partial charge is 0.372 e. The van der Waals surface area contributed by atoms with Gasteiger partial charge in [-0.05, 0) is 6.92 Å². The maximum absolute atomic E-state index is 11.9. The third-order valence-corrected chi connectivity index (χ3v) is 3.46. The molecule has 0 saturated heterocycles. The van der Waals surface area contributed by atoms with Gasteiger partial charge in [-0.2, -0.15) is 5.10 Å². The van der Waals surface area contributed by atoms with Crippen LogP contribution in [-0.4, -0.2) is 50.3 Å². The van der Waals surface area contributed by atoms with Crippen LogP contribution < -0.4 is 10.1 Å². The number of aliphatic carboxylic acids is 1. The molecule has 3 rings (SSSR count). The standard InChI is InChI=1S/C13H13N5O4/c1-6-16-5-18(17-6)12-10-9(8(22-2)4-15-12)7(3-14-10)11(19)13(20)21/h4-5,7,14H,3H2,1-2H3,(H,20,21). The van der Waals surface area contributed by atoms with Crippen molar-refractivity contribution in [2.45, 2.75) is 12.8 Å². The molecule has 2 aromatic heterocycles. The zero-order valence-electron chi connectivity index (χ0n) is 11.9. The Morgan fingerprint density at radius 3 is 2.82 bits per heavy atom. The summed E-state index contributed by atoms with van der Waals surface area (Å²) >= 11 is 0. The number of ketones is 1. The summed E-state index contributed by atoms with van der Waals surface area (Å²) in [6, 6.07) is 0. The van der Waals surface area contributed by atoms with Crippen LogP contribution in [0.25, 0.3) is 5.82 Å². The molecule has 1 unspecified atom stereocenters. The number of carbonyl (C=O) groups excluding carboxylic acids is 1. The maximum atomic E-state index is 11.9. The number of pyridine rings is 1. The van der Waals surface area contributed by atoms with E-state index in [0.717, 1.165) is 0 Å². The van der Waals surface area contributed by atoms with Gasteiger partial charge in [0.25, 0.3) is 0 Å². The topological polar surface area (TPSA) is 119 Å². The van der Waals surface area contributed by atoms with Gasteiger partial charge in [-0.15, -0.1) is 0 Å². The van der Waals surface area contributed by atoms with Crippen molar-refractivity contribution in [2.24, 2.45) is 0 Å². The predicted octanol–water partition coefficient (Wildman–Crippen LogP) is 0.142. The van der Waals surface area contributed by atoms with E-state index < -0.39 is 17.7 Å². The van der Waals surface area contributed by atoms with E-state index in [4.69, 9.17) is 9.84 Å². The largest absolute Gasteiger partial charge is 0.495 e. The number of carboxylic acid groups (broad SMARTS) is 1. The highest BCUT2D eigenvalue weighted by atomic mass is 16.5. The van der Waals surface area contributed by atoms with Crippen LogP contribution in [-0.2, 0) is 9.59 Å². The molecular formula is C13H13N5O4. The Bertz CT molecular complexity index is 770. The summed E-state index contributed by atoms with van der Waals surface area (Å²) in [5, 5.41) is 16.2. The fourth-order valence-corrected chi connectivity index (χ4v) is 2.48. The van der Waals surface area contributed by atoms with Crippen LogP contribution in [0, 0.1) is 6.92 Å². The number of hydrogen-bond acceptors (Lipinski definition) is 7. The molecule has 1 atom stereocenters. The Balaban J connectivity index is 2.15. The number of Topliss-reactive ketones (excluding diaryl/α,β-unsaturated/α-hetero) is 1. The second kappa shape index (κ2) is 5.10. The lowest BCUT2D eigenvalue weighted by Gasteiger charge is -2.12. The second-order valence-electron chi connectivity index (χ2n) is 4.78. The molecule has 2 aromatic rings. The number of hydrogen-bond donors (Lipinski definition) is 2. The van der Waals surface area contributed by atoms with Crippen LogP contribution >= 0.6 is 0 Å². The summed E-state index contributed by atoms with van der Waals surface area (Å²) in [5.74, 6) is -1.82. The van der Waals surface area contributed by atoms with E-state index in [9.17, 15) is 9.59 Å². The van der Waals surface area contributed by atoms with Crippen molar-refractivity contribution in [3.8, 4) is 11.6 Å². The van der Waals surface area contributed by atoms with Crippen LogP contribution in [0.5, 0.6) is 5.75 Å². The fourth-order valence-electron chi connectivity index (χ4n) is 2.48. The summed E-state index contributed by atoms with van der Waals surface area (Å²) in [7, 11) is 1.44. The molecule has 1 aliphatic heterocycles. The Morgan fingerprint density at radius 2 is 2.23 bits per heavy atom. The van der Waals surface area contributed by atoms with Gasteiger partial charge in [0.2, 0.25) is 5.78 Å². The highest BCUT2D eigenvalue weighted by Crippen LogP contribution is 2.41. The Morgan fingerprint density at radius 1 is 1.45 bits per heavy atom. The summed E-state index contributed by atoms with van der Waals surface area (Å²) in [6.07, 6.45) is 2.94. The van der Waals surface area contributed by atoms with Crippen molar-refractivity contribution in [1.82, 2.24) is 19.7 Å². The fraction of sp³-hybridized carbons (Fsp3) is 0.308. The summed E-state index contributed by atoms with van der Waals surface area (Å²) < 4.78 is 6.69. The highest BCUT2D eigenvalue weighted by molar-refractivity contribution is 6.35. The van der Waals surface area contributed by atoms with Gasteiger partial charge >= 0.3 is 5.97 Å². The third-order valence-electron chi connectivity index (χ3n) is 3.46. The minimum absolute atomic E-state index is 0.170. The number of rotatable bonds is 4. The molecule has 0 aromatic carbocycles. The van der Waals surface area contributed by atoms with Gasteiger partial charge < -0.3 is 15.2 Å². The number of carbonyl (C=O) groups is 2. The lowest BCUT2D eigenvalue weighted by atomic mass is 9.96. The van der Waals surface area contributed by atoms with Gasteiger partial charge in [0.1, 0.15) is 17.9 Å². The first-order valence-electron chi connectivity index (χ1n) is 6.49. The Labute approximate surface area is 124 Å². The molecule has 1 aliphatic rings. The first kappa shape index (κ1) is 14.0. The number of ether oxygens (including phenoxy) is 1. The van der Waals surface area contributed by atoms with Gasteiger partial charge in [-0.3, -0.25) is 4.79 Å². The number of fused-ring (bicyclic) bond motifs is 1. The van der Waals surface area contributed by atoms with Crippen molar-refractivity contribution in [3.05, 3.63) is 23.9 Å². The molecule has 0 amide bonds. The zero-order chi connectivity index (χ0) is 15.9. The van der Waals surface area contributed by atoms with Gasteiger partial charge in [-0.25, -0.2) is 19.4 Å². The van der Waals surface area contributed by atoms with E-state index in [1.54, 1.807) is 6.92 Å². The zero-order valence-corrected chi connectivity index (χ0v) is 11.9. The normalized spacial score (nSPS) is 16.0. The van der Waals surface area contributed by atoms with Crippen LogP contribution in [0.1, 0.15) is 17.3 Å². The molecule has 9 heteroatoms. The summed E-state index contributed by atoms with van der Waals surface area (Å²) in [4.78, 5) is 31.2. The number of methoxy groups -OCH3 is 1. The molecule has 0 aliphatic carbocycles. The van der Waals surface area contributed by atoms with E-state index in [2.05, 4.69) is 20.4 Å². The van der Waals surface area contributed by atoms with Gasteiger partial charge in [0, 0.05) is 12.1 Å². The van der Waals surface area contributed by atoms with E-state index in [1.165, 1.54) is 24.3 Å². The van der Waals surface area contributed by atoms with Crippen molar-refractivity contribution in [1.29, 1.82) is 0 Å². The lowest BCUT2D eigenvalue weighted by Crippen LogP contribution is -2.23. The minimum Gasteiger partial charge on any atom is -0.495 e. The van der Waals surface area contributed by atoms with Crippen LogP contribution in [0.15, 0.2) is 12.5 Å². The van der Waals surface area contributed by atoms with E-state index in [-0.39, 0.29) is 6.54 Å². The molecular weight excluding hydrogens is 290 g/mol. The van der Waals surface area contributed by atoms with Crippen LogP contribution in [0.2, 0.25) is 0 Å². The molecule has 0 saturated carbocycles. The molecule has 3 heterocycles. The monoisotopic (exact) mass is 303 g/mol. The van der Waals surface area contributed by atoms with Crippen molar-refractivity contribution in [2.75, 3.05) is 19.0 Å². The van der Waals surface area contributed by atoms with Crippen molar-refractivity contribution >= 4 is 17.4 Å². The van der Waals surface area contributed by atoms with Crippen LogP contribution in [0.3, 0.4) is 0 Å². The lowest BCUT2D eigenvalue weighted by molar-refractivity contribution is -0.149. The number of aryl methyl sites for hydroxylation is 1. The van der Waals surface area contributed by atoms with Gasteiger partial charge in [0.15, 0.2) is 5.82 Å². The van der Waals surface area contributed by atoms with Crippen LogP contribution in [0.4, 0.5) is 5.69 Å². The van der Waals surface area contributed by atoms with E-state index in [1.807, 2.05) is 0 Å². The van der Waals surface area contributed by atoms with Crippen molar-refractivity contribution in [3.63, 3.8) is 0 Å². The van der Waals surface area contributed by atoms with E-state index >= 15 is 0 Å². The molecule has 114 valence electrons. The summed E-state index contributed by atoms with van der Waals surface area (Å²) in [6.45, 7) is 1.91. The summed E-state index contributed by atoms with van der Waals surface area (Å²) in [5.41, 5.74) is 1.01. The molecule has 0 bridgehead atoms. The number of nitrogens with one attached hydrogen (secondary N) is 1. The SMILES string of the molecule is COc1cnc(-n2cnc(C)n2)c2c1C(C(=O)C(=O)O)CN2. The average Bonchev–Trinajstić information content (AvgIpc) is 3.12. The first-order valence-corrected chi connectivity index (χ1v) is 6.49. The molecule has 0 spiro atoms. The minimum atomic E-state index is -1.48. The maximum Gasteiger partial charge on any atom is 0.372 e. The molecule has 9 nitrogen and oxygen atoms in total. The van der Waals surface area contributed by atoms with Gasteiger partial charge in [0.05, 0.1) is 24.9 Å². The average molecular weight is 303 g/mol. The number of anilines is 1. The highest BCUT2D eigenvalue weighted by Gasteiger charge is 2.37. The first-order chi connectivity index (χ1) is 10.5. The molecule has 0 radical (unpaired) electrons. The molecule has 2 N–H and O–H groups in total. The predicted molar refractivity (Wildman–Crippen MR) is 74.3 cm³/mol. The Kier molecular flexibility index (Phi) is 3.24. The van der Waals surface area contributed by atoms with Crippen molar-refractivity contribution < 1.29 is 19.4 Å². The number of nitrogens with zero attached hydrogens (tertiary/aromatic N) is 4. The number of carboxylic acids is 1. The second-order valence-corrected chi connectivity index (χ2v) is 4.78.